The Morgan fingerprint density at radius 1 is 1.32 bits per heavy atom. The van der Waals surface area contributed by atoms with E-state index in [4.69, 9.17) is 4.74 Å². The summed E-state index contributed by atoms with van der Waals surface area (Å²) < 4.78 is 32.0. The van der Waals surface area contributed by atoms with Crippen molar-refractivity contribution in [2.45, 2.75) is 31.2 Å². The van der Waals surface area contributed by atoms with Crippen molar-refractivity contribution in [1.82, 2.24) is 4.72 Å². The maximum absolute atomic E-state index is 12.3. The smallest absolute Gasteiger partial charge is 0.340 e. The summed E-state index contributed by atoms with van der Waals surface area (Å²) >= 11 is 1.88. The van der Waals surface area contributed by atoms with Crippen LogP contribution >= 0.6 is 22.6 Å². The summed E-state index contributed by atoms with van der Waals surface area (Å²) in [5.74, 6) is -0.649. The highest BCUT2D eigenvalue weighted by Gasteiger charge is 2.26. The van der Waals surface area contributed by atoms with Crippen LogP contribution in [0.2, 0.25) is 0 Å². The van der Waals surface area contributed by atoms with Crippen LogP contribution in [0.5, 0.6) is 0 Å². The fourth-order valence-corrected chi connectivity index (χ4v) is 3.35. The Bertz CT molecular complexity index is 563. The lowest BCUT2D eigenvalue weighted by Crippen LogP contribution is -2.41. The van der Waals surface area contributed by atoms with Gasteiger partial charge in [0.2, 0.25) is 10.0 Å². The number of benzene rings is 1. The lowest BCUT2D eigenvalue weighted by molar-refractivity contribution is 0.0586. The van der Waals surface area contributed by atoms with Gasteiger partial charge in [0.1, 0.15) is 4.61 Å². The van der Waals surface area contributed by atoms with Crippen molar-refractivity contribution >= 4 is 38.6 Å². The van der Waals surface area contributed by atoms with Crippen LogP contribution in [0, 0.1) is 0 Å². The molecule has 0 heterocycles. The largest absolute Gasteiger partial charge is 0.451 e. The van der Waals surface area contributed by atoms with E-state index in [9.17, 15) is 13.2 Å². The number of rotatable bonds is 4. The first-order chi connectivity index (χ1) is 8.67. The number of sulfonamides is 1. The lowest BCUT2D eigenvalue weighted by Gasteiger charge is -2.21. The van der Waals surface area contributed by atoms with Gasteiger partial charge in [-0.25, -0.2) is 17.9 Å². The molecule has 0 aliphatic rings. The highest BCUT2D eigenvalue weighted by molar-refractivity contribution is 14.1. The Morgan fingerprint density at radius 2 is 1.89 bits per heavy atom. The number of nitrogens with one attached hydrogen (secondary N) is 1. The van der Waals surface area contributed by atoms with Gasteiger partial charge in [0, 0.05) is 5.54 Å². The molecular formula is C12H16INO4S. The molecular weight excluding hydrogens is 381 g/mol. The Hall–Kier alpha value is -0.670. The van der Waals surface area contributed by atoms with Crippen LogP contribution in [0.3, 0.4) is 0 Å². The van der Waals surface area contributed by atoms with E-state index in [0.717, 1.165) is 0 Å². The third kappa shape index (κ3) is 4.73. The highest BCUT2D eigenvalue weighted by Crippen LogP contribution is 2.18. The second-order valence-electron chi connectivity index (χ2n) is 4.89. The molecule has 0 radical (unpaired) electrons. The molecule has 0 unspecified atom stereocenters. The van der Waals surface area contributed by atoms with E-state index >= 15 is 0 Å². The number of ether oxygens (including phenoxy) is 1. The van der Waals surface area contributed by atoms with Gasteiger partial charge in [-0.15, -0.1) is 0 Å². The van der Waals surface area contributed by atoms with Crippen molar-refractivity contribution in [2.24, 2.45) is 0 Å². The Morgan fingerprint density at radius 3 is 2.42 bits per heavy atom. The molecule has 0 saturated heterocycles. The molecule has 0 aromatic heterocycles. The minimum atomic E-state index is -3.77. The van der Waals surface area contributed by atoms with Crippen LogP contribution < -0.4 is 4.72 Å². The average molecular weight is 397 g/mol. The Labute approximate surface area is 126 Å². The van der Waals surface area contributed by atoms with Crippen LogP contribution in [0.15, 0.2) is 29.2 Å². The molecule has 0 atom stereocenters. The molecule has 1 rings (SSSR count). The lowest BCUT2D eigenvalue weighted by atomic mass is 10.1. The first-order valence-corrected chi connectivity index (χ1v) is 8.54. The summed E-state index contributed by atoms with van der Waals surface area (Å²) in [5.41, 5.74) is -0.588. The van der Waals surface area contributed by atoms with E-state index in [1.54, 1.807) is 32.9 Å². The molecule has 5 nitrogen and oxygen atoms in total. The summed E-state index contributed by atoms with van der Waals surface area (Å²) in [6.07, 6.45) is 0. The van der Waals surface area contributed by atoms with Crippen LogP contribution in [0.4, 0.5) is 0 Å². The summed E-state index contributed by atoms with van der Waals surface area (Å²) in [4.78, 5) is 11.7. The summed E-state index contributed by atoms with van der Waals surface area (Å²) in [5, 5.41) is 0. The van der Waals surface area contributed by atoms with E-state index in [1.807, 2.05) is 22.6 Å². The van der Waals surface area contributed by atoms with Gasteiger partial charge in [0.15, 0.2) is 0 Å². The molecule has 0 aliphatic heterocycles. The third-order valence-electron chi connectivity index (χ3n) is 2.02. The molecule has 106 valence electrons. The topological polar surface area (TPSA) is 72.5 Å². The second kappa shape index (κ2) is 6.19. The average Bonchev–Trinajstić information content (AvgIpc) is 2.26. The van der Waals surface area contributed by atoms with Crippen molar-refractivity contribution in [3.63, 3.8) is 0 Å². The van der Waals surface area contributed by atoms with Gasteiger partial charge in [0.25, 0.3) is 0 Å². The zero-order valence-corrected chi connectivity index (χ0v) is 13.9. The SMILES string of the molecule is CC(C)(C)NS(=O)(=O)c1ccccc1C(=O)OCI. The van der Waals surface area contributed by atoms with Gasteiger partial charge >= 0.3 is 5.97 Å². The molecule has 1 aromatic rings. The van der Waals surface area contributed by atoms with E-state index in [-0.39, 0.29) is 15.1 Å². The zero-order valence-electron chi connectivity index (χ0n) is 10.9. The van der Waals surface area contributed by atoms with E-state index in [0.29, 0.717) is 0 Å². The first-order valence-electron chi connectivity index (χ1n) is 5.53. The zero-order chi connectivity index (χ0) is 14.7. The Balaban J connectivity index is 3.24. The van der Waals surface area contributed by atoms with Gasteiger partial charge in [-0.05, 0) is 55.5 Å². The minimum absolute atomic E-state index is 0.0379. The van der Waals surface area contributed by atoms with Crippen molar-refractivity contribution in [2.75, 3.05) is 4.61 Å². The predicted octanol–water partition coefficient (Wildman–Crippen LogP) is 2.31. The first kappa shape index (κ1) is 16.4. The maximum atomic E-state index is 12.3. The standard InChI is InChI=1S/C12H16INO4S/c1-12(2,3)14-19(16,17)10-7-5-4-6-9(10)11(15)18-8-13/h4-7,14H,8H2,1-3H3. The monoisotopic (exact) mass is 397 g/mol. The van der Waals surface area contributed by atoms with E-state index < -0.39 is 21.5 Å². The van der Waals surface area contributed by atoms with Gasteiger partial charge in [-0.2, -0.15) is 0 Å². The molecule has 1 aromatic carbocycles. The van der Waals surface area contributed by atoms with E-state index in [2.05, 4.69) is 4.72 Å². The van der Waals surface area contributed by atoms with Crippen molar-refractivity contribution in [1.29, 1.82) is 0 Å². The van der Waals surface area contributed by atoms with Crippen LogP contribution in [-0.4, -0.2) is 24.5 Å². The van der Waals surface area contributed by atoms with Gasteiger partial charge in [-0.3, -0.25) is 0 Å². The number of carbonyl (C=O) groups is 1. The van der Waals surface area contributed by atoms with Crippen LogP contribution in [0.1, 0.15) is 31.1 Å². The number of hydrogen-bond acceptors (Lipinski definition) is 4. The Kier molecular flexibility index (Phi) is 5.34. The molecule has 0 fully saturated rings. The molecule has 0 spiro atoms. The van der Waals surface area contributed by atoms with Gasteiger partial charge in [0.05, 0.1) is 10.5 Å². The van der Waals surface area contributed by atoms with Crippen LogP contribution in [0.25, 0.3) is 0 Å². The third-order valence-corrected chi connectivity index (χ3v) is 4.15. The molecule has 0 saturated carbocycles. The van der Waals surface area contributed by atoms with Crippen LogP contribution in [-0.2, 0) is 14.8 Å². The molecule has 19 heavy (non-hydrogen) atoms. The number of carbonyl (C=O) groups excluding carboxylic acids is 1. The fourth-order valence-electron chi connectivity index (χ4n) is 1.45. The minimum Gasteiger partial charge on any atom is -0.451 e. The second-order valence-corrected chi connectivity index (χ2v) is 7.17. The normalized spacial score (nSPS) is 12.2. The number of hydrogen-bond donors (Lipinski definition) is 1. The molecule has 0 bridgehead atoms. The summed E-state index contributed by atoms with van der Waals surface area (Å²) in [7, 11) is -3.77. The molecule has 7 heteroatoms. The van der Waals surface area contributed by atoms with E-state index in [1.165, 1.54) is 12.1 Å². The highest BCUT2D eigenvalue weighted by atomic mass is 127. The number of esters is 1. The van der Waals surface area contributed by atoms with Gasteiger partial charge < -0.3 is 4.74 Å². The fraction of sp³-hybridized carbons (Fsp3) is 0.417. The summed E-state index contributed by atoms with van der Waals surface area (Å²) in [6, 6.07) is 5.99. The quantitative estimate of drug-likeness (QED) is 0.481. The number of alkyl halides is 1. The molecule has 0 aliphatic carbocycles. The van der Waals surface area contributed by atoms with Crippen molar-refractivity contribution in [3.05, 3.63) is 29.8 Å². The van der Waals surface area contributed by atoms with Crippen molar-refractivity contribution in [3.8, 4) is 0 Å². The summed E-state index contributed by atoms with van der Waals surface area (Å²) in [6.45, 7) is 5.20. The van der Waals surface area contributed by atoms with Crippen molar-refractivity contribution < 1.29 is 17.9 Å². The number of halogens is 1. The molecule has 0 amide bonds. The predicted molar refractivity (Wildman–Crippen MR) is 80.8 cm³/mol. The molecule has 1 N–H and O–H groups in total. The maximum Gasteiger partial charge on any atom is 0.340 e. The van der Waals surface area contributed by atoms with Gasteiger partial charge in [-0.1, -0.05) is 12.1 Å².